The molecule has 8 nitrogen and oxygen atoms in total. The molecule has 27 heavy (non-hydrogen) atoms. The molecule has 0 bridgehead atoms. The van der Waals surface area contributed by atoms with E-state index in [9.17, 15) is 9.59 Å². The number of aromatic nitrogens is 4. The molecule has 0 saturated carbocycles. The Morgan fingerprint density at radius 2 is 1.93 bits per heavy atom. The van der Waals surface area contributed by atoms with Crippen molar-refractivity contribution in [3.05, 3.63) is 54.1 Å². The van der Waals surface area contributed by atoms with Gasteiger partial charge in [-0.25, -0.2) is 0 Å². The third-order valence-electron chi connectivity index (χ3n) is 3.88. The smallest absolute Gasteiger partial charge is 0.224 e. The van der Waals surface area contributed by atoms with E-state index in [1.54, 1.807) is 44.4 Å². The maximum atomic E-state index is 12.4. The second-order valence-electron chi connectivity index (χ2n) is 5.78. The number of ether oxygens (including phenoxy) is 1. The van der Waals surface area contributed by atoms with E-state index in [2.05, 4.69) is 20.7 Å². The zero-order chi connectivity index (χ0) is 19.2. The lowest BCUT2D eigenvalue weighted by molar-refractivity contribution is -0.115. The average molecular weight is 365 g/mol. The second-order valence-corrected chi connectivity index (χ2v) is 5.78. The summed E-state index contributed by atoms with van der Waals surface area (Å²) in [5, 5.41) is 14.9. The maximum Gasteiger partial charge on any atom is 0.224 e. The summed E-state index contributed by atoms with van der Waals surface area (Å²) in [5.41, 5.74) is 1.91. The number of hydrogen-bond acceptors (Lipinski definition) is 6. The zero-order valence-corrected chi connectivity index (χ0v) is 15.0. The Bertz CT molecular complexity index is 950. The highest BCUT2D eigenvalue weighted by Crippen LogP contribution is 2.20. The molecule has 0 radical (unpaired) electrons. The molecule has 0 fully saturated rings. The number of Topliss-reactive ketones (excluding diaryl/α,β-unsaturated/α-hetero) is 1. The minimum absolute atomic E-state index is 0.0301. The maximum absolute atomic E-state index is 12.4. The van der Waals surface area contributed by atoms with Crippen LogP contribution in [0.15, 0.2) is 48.5 Å². The molecule has 0 atom stereocenters. The van der Waals surface area contributed by atoms with Gasteiger partial charge in [-0.3, -0.25) is 9.59 Å². The van der Waals surface area contributed by atoms with E-state index < -0.39 is 0 Å². The first-order valence-electron chi connectivity index (χ1n) is 8.44. The number of carbonyl (C=O) groups excluding carboxylic acids is 2. The van der Waals surface area contributed by atoms with E-state index in [0.29, 0.717) is 29.2 Å². The Morgan fingerprint density at radius 3 is 2.63 bits per heavy atom. The predicted octanol–water partition coefficient (Wildman–Crippen LogP) is 2.58. The summed E-state index contributed by atoms with van der Waals surface area (Å²) in [7, 11) is 1.58. The molecular weight excluding hydrogens is 346 g/mol. The molecule has 0 aliphatic heterocycles. The van der Waals surface area contributed by atoms with E-state index in [-0.39, 0.29) is 18.2 Å². The van der Waals surface area contributed by atoms with E-state index in [1.165, 1.54) is 4.80 Å². The van der Waals surface area contributed by atoms with Gasteiger partial charge >= 0.3 is 0 Å². The van der Waals surface area contributed by atoms with E-state index in [0.717, 1.165) is 5.56 Å². The highest BCUT2D eigenvalue weighted by Gasteiger charge is 2.12. The largest absolute Gasteiger partial charge is 0.497 e. The van der Waals surface area contributed by atoms with Crippen LogP contribution < -0.4 is 10.1 Å². The van der Waals surface area contributed by atoms with E-state index >= 15 is 0 Å². The monoisotopic (exact) mass is 365 g/mol. The van der Waals surface area contributed by atoms with Gasteiger partial charge in [0, 0.05) is 23.2 Å². The molecule has 3 aromatic rings. The van der Waals surface area contributed by atoms with Crippen molar-refractivity contribution in [2.24, 2.45) is 0 Å². The summed E-state index contributed by atoms with van der Waals surface area (Å²) in [6, 6.07) is 14.0. The van der Waals surface area contributed by atoms with Crippen molar-refractivity contribution in [1.82, 2.24) is 20.2 Å². The lowest BCUT2D eigenvalue weighted by Crippen LogP contribution is -2.14. The van der Waals surface area contributed by atoms with Gasteiger partial charge in [-0.2, -0.15) is 4.80 Å². The lowest BCUT2D eigenvalue weighted by atomic mass is 10.1. The van der Waals surface area contributed by atoms with Crippen LogP contribution in [0.2, 0.25) is 0 Å². The molecular formula is C19H19N5O3. The van der Waals surface area contributed by atoms with Gasteiger partial charge in [0.05, 0.1) is 7.11 Å². The van der Waals surface area contributed by atoms with Crippen LogP contribution in [0, 0.1) is 0 Å². The summed E-state index contributed by atoms with van der Waals surface area (Å²) in [4.78, 5) is 25.1. The molecule has 0 spiro atoms. The van der Waals surface area contributed by atoms with Crippen LogP contribution >= 0.6 is 0 Å². The SMILES string of the molecule is CCC(=O)Nc1ccc(C(=O)Cn2nnc(-c3cccc(OC)c3)n2)cc1. The molecule has 1 heterocycles. The van der Waals surface area contributed by atoms with Gasteiger partial charge in [0.2, 0.25) is 11.7 Å². The molecule has 0 aliphatic rings. The number of hydrogen-bond donors (Lipinski definition) is 1. The number of nitrogens with one attached hydrogen (secondary N) is 1. The van der Waals surface area contributed by atoms with Crippen molar-refractivity contribution >= 4 is 17.4 Å². The fourth-order valence-corrected chi connectivity index (χ4v) is 2.40. The van der Waals surface area contributed by atoms with Gasteiger partial charge in [-0.05, 0) is 41.6 Å². The van der Waals surface area contributed by atoms with E-state index in [4.69, 9.17) is 4.74 Å². The molecule has 3 rings (SSSR count). The fraction of sp³-hybridized carbons (Fsp3) is 0.211. The highest BCUT2D eigenvalue weighted by molar-refractivity contribution is 5.97. The van der Waals surface area contributed by atoms with Crippen LogP contribution in [0.25, 0.3) is 11.4 Å². The average Bonchev–Trinajstić information content (AvgIpc) is 3.17. The normalized spacial score (nSPS) is 10.4. The molecule has 138 valence electrons. The Labute approximate surface area is 156 Å². The number of benzene rings is 2. The van der Waals surface area contributed by atoms with Crippen molar-refractivity contribution in [2.45, 2.75) is 19.9 Å². The van der Waals surface area contributed by atoms with Gasteiger partial charge in [-0.15, -0.1) is 10.2 Å². The number of amides is 1. The summed E-state index contributed by atoms with van der Waals surface area (Å²) < 4.78 is 5.18. The van der Waals surface area contributed by atoms with Crippen molar-refractivity contribution in [3.63, 3.8) is 0 Å². The number of rotatable bonds is 7. The van der Waals surface area contributed by atoms with Crippen LogP contribution in [-0.4, -0.2) is 39.0 Å². The number of methoxy groups -OCH3 is 1. The van der Waals surface area contributed by atoms with Gasteiger partial charge in [0.15, 0.2) is 5.78 Å². The first-order valence-corrected chi connectivity index (χ1v) is 8.44. The van der Waals surface area contributed by atoms with Crippen molar-refractivity contribution in [3.8, 4) is 17.1 Å². The number of ketones is 1. The lowest BCUT2D eigenvalue weighted by Gasteiger charge is -2.05. The minimum Gasteiger partial charge on any atom is -0.497 e. The minimum atomic E-state index is -0.155. The Balaban J connectivity index is 1.68. The summed E-state index contributed by atoms with van der Waals surface area (Å²) in [5.74, 6) is 0.874. The van der Waals surface area contributed by atoms with Gasteiger partial charge in [-0.1, -0.05) is 19.1 Å². The number of anilines is 1. The van der Waals surface area contributed by atoms with Gasteiger partial charge < -0.3 is 10.1 Å². The first kappa shape index (κ1) is 18.2. The van der Waals surface area contributed by atoms with Crippen LogP contribution in [0.1, 0.15) is 23.7 Å². The molecule has 0 unspecified atom stereocenters. The molecule has 1 aromatic heterocycles. The fourth-order valence-electron chi connectivity index (χ4n) is 2.40. The number of carbonyl (C=O) groups is 2. The number of nitrogens with zero attached hydrogens (tertiary/aromatic N) is 4. The number of tetrazole rings is 1. The van der Waals surface area contributed by atoms with Crippen LogP contribution in [0.5, 0.6) is 5.75 Å². The third kappa shape index (κ3) is 4.55. The van der Waals surface area contributed by atoms with Crippen LogP contribution in [0.3, 0.4) is 0 Å². The van der Waals surface area contributed by atoms with Gasteiger partial charge in [0.25, 0.3) is 0 Å². The third-order valence-corrected chi connectivity index (χ3v) is 3.88. The quantitative estimate of drug-likeness (QED) is 0.646. The summed E-state index contributed by atoms with van der Waals surface area (Å²) in [6.07, 6.45) is 0.397. The molecule has 0 aliphatic carbocycles. The standard InChI is InChI=1S/C19H19N5O3/c1-3-18(26)20-15-9-7-13(8-10-15)17(25)12-24-22-19(21-23-24)14-5-4-6-16(11-14)27-2/h4-11H,3,12H2,1-2H3,(H,20,26). The summed E-state index contributed by atoms with van der Waals surface area (Å²) >= 11 is 0. The first-order chi connectivity index (χ1) is 13.1. The highest BCUT2D eigenvalue weighted by atomic mass is 16.5. The zero-order valence-electron chi connectivity index (χ0n) is 15.0. The van der Waals surface area contributed by atoms with Crippen LogP contribution in [0.4, 0.5) is 5.69 Å². The molecule has 2 aromatic carbocycles. The van der Waals surface area contributed by atoms with E-state index in [1.807, 2.05) is 18.2 Å². The predicted molar refractivity (Wildman–Crippen MR) is 99.5 cm³/mol. The molecule has 1 amide bonds. The van der Waals surface area contributed by atoms with Crippen LogP contribution in [-0.2, 0) is 11.3 Å². The second kappa shape index (κ2) is 8.22. The summed E-state index contributed by atoms with van der Waals surface area (Å²) in [6.45, 7) is 1.75. The Morgan fingerprint density at radius 1 is 1.15 bits per heavy atom. The molecule has 1 N–H and O–H groups in total. The Kier molecular flexibility index (Phi) is 5.55. The van der Waals surface area contributed by atoms with Crippen molar-refractivity contribution < 1.29 is 14.3 Å². The van der Waals surface area contributed by atoms with Gasteiger partial charge in [0.1, 0.15) is 12.3 Å². The van der Waals surface area contributed by atoms with Crippen molar-refractivity contribution in [1.29, 1.82) is 0 Å². The molecule has 8 heteroatoms. The Hall–Kier alpha value is -3.55. The van der Waals surface area contributed by atoms with Crippen molar-refractivity contribution in [2.75, 3.05) is 12.4 Å². The topological polar surface area (TPSA) is 99.0 Å². The molecule has 0 saturated heterocycles.